The first-order valence-electron chi connectivity index (χ1n) is 10.2. The Morgan fingerprint density at radius 1 is 1.30 bits per heavy atom. The lowest BCUT2D eigenvalue weighted by Gasteiger charge is -2.34. The molecule has 30 heavy (non-hydrogen) atoms. The fourth-order valence-electron chi connectivity index (χ4n) is 5.19. The number of ether oxygens (including phenoxy) is 1. The maximum absolute atomic E-state index is 13.4. The number of fused-ring (bicyclic) bond motifs is 1. The van der Waals surface area contributed by atoms with Gasteiger partial charge in [-0.2, -0.15) is 0 Å². The van der Waals surface area contributed by atoms with Crippen LogP contribution in [0.1, 0.15) is 20.3 Å². The summed E-state index contributed by atoms with van der Waals surface area (Å²) in [6, 6.07) is 8.04. The van der Waals surface area contributed by atoms with Gasteiger partial charge in [0.05, 0.1) is 24.5 Å². The number of hydrogen-bond acceptors (Lipinski definition) is 5. The van der Waals surface area contributed by atoms with Crippen molar-refractivity contribution in [3.05, 3.63) is 30.3 Å². The molecule has 0 radical (unpaired) electrons. The Labute approximate surface area is 183 Å². The molecule has 3 aliphatic heterocycles. The summed E-state index contributed by atoms with van der Waals surface area (Å²) in [5, 5.41) is 15.3. The van der Waals surface area contributed by atoms with Crippen molar-refractivity contribution in [2.75, 3.05) is 18.5 Å². The van der Waals surface area contributed by atoms with E-state index in [0.717, 1.165) is 0 Å². The number of carbonyl (C=O) groups is 3. The van der Waals surface area contributed by atoms with E-state index in [1.807, 2.05) is 32.0 Å². The number of carbonyl (C=O) groups excluding carboxylic acids is 3. The van der Waals surface area contributed by atoms with Crippen molar-refractivity contribution in [3.63, 3.8) is 0 Å². The van der Waals surface area contributed by atoms with Gasteiger partial charge in [0.15, 0.2) is 0 Å². The zero-order chi connectivity index (χ0) is 21.6. The summed E-state index contributed by atoms with van der Waals surface area (Å²) >= 11 is 3.61. The van der Waals surface area contributed by atoms with Crippen molar-refractivity contribution in [2.24, 2.45) is 11.8 Å². The highest BCUT2D eigenvalue weighted by molar-refractivity contribution is 9.09. The Morgan fingerprint density at radius 3 is 2.63 bits per heavy atom. The minimum Gasteiger partial charge on any atom is -0.395 e. The van der Waals surface area contributed by atoms with Gasteiger partial charge in [-0.05, 0) is 32.4 Å². The number of nitrogens with one attached hydrogen (secondary N) is 2. The predicted octanol–water partition coefficient (Wildman–Crippen LogP) is 0.890. The van der Waals surface area contributed by atoms with Gasteiger partial charge in [-0.1, -0.05) is 34.1 Å². The summed E-state index contributed by atoms with van der Waals surface area (Å²) < 4.78 is 6.32. The van der Waals surface area contributed by atoms with Crippen LogP contribution in [0.5, 0.6) is 0 Å². The van der Waals surface area contributed by atoms with Gasteiger partial charge in [0.25, 0.3) is 0 Å². The number of para-hydroxylation sites is 1. The average molecular weight is 480 g/mol. The van der Waals surface area contributed by atoms with Gasteiger partial charge < -0.3 is 25.4 Å². The summed E-state index contributed by atoms with van der Waals surface area (Å²) in [4.78, 5) is 40.9. The molecular formula is C21H26BrN3O5. The van der Waals surface area contributed by atoms with Crippen molar-refractivity contribution < 1.29 is 24.2 Å². The molecule has 3 amide bonds. The van der Waals surface area contributed by atoms with E-state index in [0.29, 0.717) is 12.1 Å². The first-order valence-corrected chi connectivity index (χ1v) is 11.1. The lowest BCUT2D eigenvalue weighted by molar-refractivity contribution is -0.142. The second kappa shape index (κ2) is 7.94. The molecule has 0 saturated carbocycles. The number of nitrogens with zero attached hydrogens (tertiary/aromatic N) is 1. The molecule has 9 heteroatoms. The zero-order valence-electron chi connectivity index (χ0n) is 16.9. The smallest absolute Gasteiger partial charge is 0.246 e. The van der Waals surface area contributed by atoms with E-state index in [2.05, 4.69) is 26.6 Å². The zero-order valence-corrected chi connectivity index (χ0v) is 18.5. The molecule has 0 aromatic heterocycles. The van der Waals surface area contributed by atoms with Crippen molar-refractivity contribution in [1.29, 1.82) is 0 Å². The summed E-state index contributed by atoms with van der Waals surface area (Å²) in [6.45, 7) is 3.43. The molecule has 1 aromatic rings. The summed E-state index contributed by atoms with van der Waals surface area (Å²) in [7, 11) is 0. The Hall–Kier alpha value is -1.97. The molecule has 6 atom stereocenters. The SMILES string of the molecule is CC(C)NC(=O)C1N(CCO)C(=O)[C@@H]2[C@H](C(=O)Nc3ccccc3)[C@H]3OC12CC3Br. The summed E-state index contributed by atoms with van der Waals surface area (Å²) in [5.41, 5.74) is -0.458. The van der Waals surface area contributed by atoms with E-state index in [9.17, 15) is 19.5 Å². The first-order chi connectivity index (χ1) is 14.3. The third-order valence-electron chi connectivity index (χ3n) is 6.15. The Bertz CT molecular complexity index is 850. The number of aliphatic hydroxyl groups excluding tert-OH is 1. The van der Waals surface area contributed by atoms with Crippen LogP contribution in [-0.4, -0.2) is 69.5 Å². The van der Waals surface area contributed by atoms with Crippen LogP contribution in [-0.2, 0) is 19.1 Å². The van der Waals surface area contributed by atoms with Crippen molar-refractivity contribution >= 4 is 39.3 Å². The van der Waals surface area contributed by atoms with Crippen molar-refractivity contribution in [1.82, 2.24) is 10.2 Å². The van der Waals surface area contributed by atoms with Crippen LogP contribution in [0.3, 0.4) is 0 Å². The molecule has 4 rings (SSSR count). The second-order valence-electron chi connectivity index (χ2n) is 8.44. The fraction of sp³-hybridized carbons (Fsp3) is 0.571. The van der Waals surface area contributed by atoms with Crippen LogP contribution in [0.25, 0.3) is 0 Å². The largest absolute Gasteiger partial charge is 0.395 e. The number of anilines is 1. The van der Waals surface area contributed by atoms with Crippen LogP contribution in [0.2, 0.25) is 0 Å². The van der Waals surface area contributed by atoms with Gasteiger partial charge in [0.1, 0.15) is 11.6 Å². The average Bonchev–Trinajstić information content (AvgIpc) is 3.26. The van der Waals surface area contributed by atoms with Crippen LogP contribution in [0, 0.1) is 11.8 Å². The monoisotopic (exact) mass is 479 g/mol. The minimum atomic E-state index is -1.09. The van der Waals surface area contributed by atoms with Crippen molar-refractivity contribution in [2.45, 2.75) is 48.9 Å². The Morgan fingerprint density at radius 2 is 2.00 bits per heavy atom. The maximum atomic E-state index is 13.4. The minimum absolute atomic E-state index is 0.0151. The molecular weight excluding hydrogens is 454 g/mol. The van der Waals surface area contributed by atoms with Gasteiger partial charge >= 0.3 is 0 Å². The standard InChI is InChI=1S/C21H26BrN3O5/c1-11(2)23-19(28)17-21-10-13(22)16(30-21)14(15(21)20(29)25(17)8-9-26)18(27)24-12-6-4-3-5-7-12/h3-7,11,13-17,26H,8-10H2,1-2H3,(H,23,28)(H,24,27)/t13?,14-,15-,16-,17?,21?/m0/s1. The lowest BCUT2D eigenvalue weighted by Crippen LogP contribution is -2.57. The molecule has 2 bridgehead atoms. The molecule has 1 aromatic carbocycles. The topological polar surface area (TPSA) is 108 Å². The number of aliphatic hydroxyl groups is 1. The van der Waals surface area contributed by atoms with E-state index in [1.165, 1.54) is 4.90 Å². The highest BCUT2D eigenvalue weighted by Gasteiger charge is 2.76. The molecule has 3 saturated heterocycles. The number of β-amino-alcohol motifs (C(OH)–C–C–N with tert-alkyl or cyclic N) is 1. The van der Waals surface area contributed by atoms with Gasteiger partial charge in [-0.15, -0.1) is 0 Å². The second-order valence-corrected chi connectivity index (χ2v) is 9.61. The first kappa shape index (κ1) is 21.3. The molecule has 3 aliphatic rings. The maximum Gasteiger partial charge on any atom is 0.246 e. The van der Waals surface area contributed by atoms with Gasteiger partial charge in [0, 0.05) is 23.1 Å². The number of hydrogen-bond donors (Lipinski definition) is 3. The van der Waals surface area contributed by atoms with Crippen molar-refractivity contribution in [3.8, 4) is 0 Å². The normalized spacial score (nSPS) is 34.4. The van der Waals surface area contributed by atoms with Crippen LogP contribution < -0.4 is 10.6 Å². The highest BCUT2D eigenvalue weighted by atomic mass is 79.9. The number of likely N-dealkylation sites (tertiary alicyclic amines) is 1. The molecule has 3 fully saturated rings. The molecule has 8 nitrogen and oxygen atoms in total. The highest BCUT2D eigenvalue weighted by Crippen LogP contribution is 2.60. The number of alkyl halides is 1. The molecule has 0 aliphatic carbocycles. The quantitative estimate of drug-likeness (QED) is 0.525. The van der Waals surface area contributed by atoms with E-state index in [1.54, 1.807) is 12.1 Å². The summed E-state index contributed by atoms with van der Waals surface area (Å²) in [6.07, 6.45) is -0.0605. The van der Waals surface area contributed by atoms with Gasteiger partial charge in [-0.3, -0.25) is 14.4 Å². The number of rotatable bonds is 6. The third kappa shape index (κ3) is 3.23. The lowest BCUT2D eigenvalue weighted by atomic mass is 9.70. The van der Waals surface area contributed by atoms with E-state index in [-0.39, 0.29) is 41.7 Å². The molecule has 3 N–H and O–H groups in total. The van der Waals surface area contributed by atoms with Crippen LogP contribution >= 0.6 is 15.9 Å². The predicted molar refractivity (Wildman–Crippen MR) is 113 cm³/mol. The fourth-order valence-corrected chi connectivity index (χ4v) is 6.13. The third-order valence-corrected chi connectivity index (χ3v) is 7.00. The Balaban J connectivity index is 1.69. The summed E-state index contributed by atoms with van der Waals surface area (Å²) in [5.74, 6) is -2.44. The Kier molecular flexibility index (Phi) is 5.63. The molecule has 1 spiro atoms. The number of halogens is 1. The molecule has 3 heterocycles. The molecule has 3 unspecified atom stereocenters. The van der Waals surface area contributed by atoms with E-state index < -0.39 is 29.6 Å². The number of amides is 3. The van der Waals surface area contributed by atoms with E-state index >= 15 is 0 Å². The van der Waals surface area contributed by atoms with Crippen LogP contribution in [0.4, 0.5) is 5.69 Å². The van der Waals surface area contributed by atoms with E-state index in [4.69, 9.17) is 4.74 Å². The van der Waals surface area contributed by atoms with Gasteiger partial charge in [-0.25, -0.2) is 0 Å². The van der Waals surface area contributed by atoms with Gasteiger partial charge in [0.2, 0.25) is 17.7 Å². The number of benzene rings is 1. The molecule has 162 valence electrons. The van der Waals surface area contributed by atoms with Crippen LogP contribution in [0.15, 0.2) is 30.3 Å².